The Morgan fingerprint density at radius 2 is 1.73 bits per heavy atom. The number of ether oxygens (including phenoxy) is 1. The first-order valence-corrected chi connectivity index (χ1v) is 4.69. The van der Waals surface area contributed by atoms with Crippen molar-refractivity contribution in [2.75, 3.05) is 0 Å². The van der Waals surface area contributed by atoms with E-state index in [0.717, 1.165) is 32.1 Å². The fraction of sp³-hybridized carbons (Fsp3) is 1.00. The van der Waals surface area contributed by atoms with Gasteiger partial charge in [0.05, 0.1) is 6.10 Å². The van der Waals surface area contributed by atoms with Gasteiger partial charge in [0.1, 0.15) is 0 Å². The molecule has 2 fully saturated rings. The molecular weight excluding hydrogens is 140 g/mol. The predicted molar refractivity (Wildman–Crippen MR) is 42.1 cm³/mol. The Morgan fingerprint density at radius 1 is 1.09 bits per heavy atom. The minimum atomic E-state index is -0.713. The van der Waals surface area contributed by atoms with Crippen molar-refractivity contribution >= 4 is 0 Å². The topological polar surface area (TPSA) is 29.5 Å². The van der Waals surface area contributed by atoms with Gasteiger partial charge >= 0.3 is 0 Å². The van der Waals surface area contributed by atoms with Crippen LogP contribution in [0.3, 0.4) is 0 Å². The first kappa shape index (κ1) is 7.56. The third-order valence-corrected chi connectivity index (χ3v) is 2.82. The van der Waals surface area contributed by atoms with E-state index in [1.807, 2.05) is 0 Å². The molecule has 0 unspecified atom stereocenters. The van der Waals surface area contributed by atoms with E-state index in [-0.39, 0.29) is 0 Å². The molecule has 2 nitrogen and oxygen atoms in total. The third kappa shape index (κ3) is 1.57. The second kappa shape index (κ2) is 2.76. The van der Waals surface area contributed by atoms with E-state index in [1.165, 1.54) is 12.8 Å². The van der Waals surface area contributed by atoms with Crippen molar-refractivity contribution in [3.8, 4) is 0 Å². The van der Waals surface area contributed by atoms with Crippen LogP contribution in [0, 0.1) is 0 Å². The molecule has 2 saturated carbocycles. The Hall–Kier alpha value is -0.0800. The molecule has 0 aromatic heterocycles. The van der Waals surface area contributed by atoms with Crippen LogP contribution >= 0.6 is 0 Å². The summed E-state index contributed by atoms with van der Waals surface area (Å²) in [4.78, 5) is 0. The summed E-state index contributed by atoms with van der Waals surface area (Å²) in [5.41, 5.74) is 0. The molecule has 1 N–H and O–H groups in total. The molecule has 0 spiro atoms. The summed E-state index contributed by atoms with van der Waals surface area (Å²) in [5.74, 6) is -0.713. The molecular formula is C9H16O2. The zero-order valence-electron chi connectivity index (χ0n) is 6.88. The van der Waals surface area contributed by atoms with Gasteiger partial charge in [0.2, 0.25) is 0 Å². The van der Waals surface area contributed by atoms with Crippen molar-refractivity contribution in [1.29, 1.82) is 0 Å². The maximum Gasteiger partial charge on any atom is 0.165 e. The average Bonchev–Trinajstić information content (AvgIpc) is 2.36. The number of hydrogen-bond donors (Lipinski definition) is 1. The Bertz CT molecular complexity index is 134. The minimum absolute atomic E-state index is 0.361. The smallest absolute Gasteiger partial charge is 0.165 e. The average molecular weight is 156 g/mol. The van der Waals surface area contributed by atoms with E-state index in [9.17, 15) is 5.11 Å². The van der Waals surface area contributed by atoms with Crippen LogP contribution in [0.1, 0.15) is 44.9 Å². The molecule has 0 aliphatic heterocycles. The molecule has 0 bridgehead atoms. The molecule has 2 aliphatic rings. The minimum Gasteiger partial charge on any atom is -0.365 e. The highest BCUT2D eigenvalue weighted by atomic mass is 16.6. The van der Waals surface area contributed by atoms with Gasteiger partial charge in [0, 0.05) is 12.8 Å². The van der Waals surface area contributed by atoms with Gasteiger partial charge in [-0.3, -0.25) is 0 Å². The molecule has 0 radical (unpaired) electrons. The lowest BCUT2D eigenvalue weighted by atomic mass is 9.91. The first-order valence-electron chi connectivity index (χ1n) is 4.69. The second-order valence-electron chi connectivity index (χ2n) is 3.82. The lowest BCUT2D eigenvalue weighted by Gasteiger charge is -2.38. The molecule has 0 saturated heterocycles. The summed E-state index contributed by atoms with van der Waals surface area (Å²) in [6, 6.07) is 0. The van der Waals surface area contributed by atoms with Gasteiger partial charge in [0.25, 0.3) is 0 Å². The van der Waals surface area contributed by atoms with E-state index in [1.54, 1.807) is 0 Å². The summed E-state index contributed by atoms with van der Waals surface area (Å²) in [5, 5.41) is 9.65. The third-order valence-electron chi connectivity index (χ3n) is 2.82. The van der Waals surface area contributed by atoms with Gasteiger partial charge < -0.3 is 9.84 Å². The molecule has 2 heteroatoms. The van der Waals surface area contributed by atoms with Crippen LogP contribution in [0.15, 0.2) is 0 Å². The monoisotopic (exact) mass is 156 g/mol. The van der Waals surface area contributed by atoms with Gasteiger partial charge in [-0.1, -0.05) is 12.8 Å². The highest BCUT2D eigenvalue weighted by Crippen LogP contribution is 2.36. The number of hydrogen-bond acceptors (Lipinski definition) is 2. The summed E-state index contributed by atoms with van der Waals surface area (Å²) in [6.07, 6.45) is 8.06. The Balaban J connectivity index is 1.79. The van der Waals surface area contributed by atoms with Crippen LogP contribution in [-0.4, -0.2) is 17.0 Å². The van der Waals surface area contributed by atoms with E-state index < -0.39 is 5.79 Å². The zero-order chi connectivity index (χ0) is 7.73. The molecule has 0 aromatic carbocycles. The molecule has 2 rings (SSSR count). The summed E-state index contributed by atoms with van der Waals surface area (Å²) in [7, 11) is 0. The van der Waals surface area contributed by atoms with Crippen LogP contribution in [-0.2, 0) is 4.74 Å². The number of rotatable bonds is 2. The van der Waals surface area contributed by atoms with Crippen molar-refractivity contribution in [3.63, 3.8) is 0 Å². The van der Waals surface area contributed by atoms with Gasteiger partial charge in [-0.05, 0) is 19.3 Å². The standard InChI is InChI=1S/C9H16O2/c10-9(6-3-7-9)11-8-4-1-2-5-8/h8,10H,1-7H2. The van der Waals surface area contributed by atoms with Gasteiger partial charge in [0.15, 0.2) is 5.79 Å². The first-order chi connectivity index (χ1) is 5.29. The normalized spacial score (nSPS) is 30.3. The van der Waals surface area contributed by atoms with Gasteiger partial charge in [-0.15, -0.1) is 0 Å². The lowest BCUT2D eigenvalue weighted by molar-refractivity contribution is -0.268. The highest BCUT2D eigenvalue weighted by Gasteiger charge is 2.38. The summed E-state index contributed by atoms with van der Waals surface area (Å²) >= 11 is 0. The van der Waals surface area contributed by atoms with Crippen molar-refractivity contribution in [2.24, 2.45) is 0 Å². The largest absolute Gasteiger partial charge is 0.365 e. The Labute approximate surface area is 67.6 Å². The van der Waals surface area contributed by atoms with Crippen molar-refractivity contribution in [2.45, 2.75) is 56.8 Å². The van der Waals surface area contributed by atoms with E-state index >= 15 is 0 Å². The van der Waals surface area contributed by atoms with Crippen LogP contribution < -0.4 is 0 Å². The molecule has 0 aromatic rings. The molecule has 0 amide bonds. The van der Waals surface area contributed by atoms with Crippen molar-refractivity contribution in [3.05, 3.63) is 0 Å². The zero-order valence-corrected chi connectivity index (χ0v) is 6.88. The van der Waals surface area contributed by atoms with Crippen molar-refractivity contribution < 1.29 is 9.84 Å². The lowest BCUT2D eigenvalue weighted by Crippen LogP contribution is -2.42. The highest BCUT2D eigenvalue weighted by molar-refractivity contribution is 4.81. The molecule has 11 heavy (non-hydrogen) atoms. The summed E-state index contributed by atoms with van der Waals surface area (Å²) in [6.45, 7) is 0. The van der Waals surface area contributed by atoms with Crippen LogP contribution in [0.5, 0.6) is 0 Å². The van der Waals surface area contributed by atoms with Crippen LogP contribution in [0.25, 0.3) is 0 Å². The molecule has 0 atom stereocenters. The molecule has 0 heterocycles. The Kier molecular flexibility index (Phi) is 1.90. The van der Waals surface area contributed by atoms with Crippen LogP contribution in [0.2, 0.25) is 0 Å². The second-order valence-corrected chi connectivity index (χ2v) is 3.82. The van der Waals surface area contributed by atoms with Gasteiger partial charge in [-0.2, -0.15) is 0 Å². The summed E-state index contributed by atoms with van der Waals surface area (Å²) < 4.78 is 5.59. The van der Waals surface area contributed by atoms with Crippen LogP contribution in [0.4, 0.5) is 0 Å². The fourth-order valence-electron chi connectivity index (χ4n) is 1.91. The van der Waals surface area contributed by atoms with E-state index in [2.05, 4.69) is 0 Å². The predicted octanol–water partition coefficient (Wildman–Crippen LogP) is 1.82. The molecule has 2 aliphatic carbocycles. The Morgan fingerprint density at radius 3 is 2.18 bits per heavy atom. The maximum absolute atomic E-state index is 9.65. The van der Waals surface area contributed by atoms with E-state index in [0.29, 0.717) is 6.10 Å². The number of aliphatic hydroxyl groups is 1. The van der Waals surface area contributed by atoms with Gasteiger partial charge in [-0.25, -0.2) is 0 Å². The van der Waals surface area contributed by atoms with E-state index in [4.69, 9.17) is 4.74 Å². The SMILES string of the molecule is OC1(OC2CCCC2)CCC1. The quantitative estimate of drug-likeness (QED) is 0.618. The maximum atomic E-state index is 9.65. The fourth-order valence-corrected chi connectivity index (χ4v) is 1.91. The van der Waals surface area contributed by atoms with Crippen molar-refractivity contribution in [1.82, 2.24) is 0 Å². The molecule has 64 valence electrons.